The summed E-state index contributed by atoms with van der Waals surface area (Å²) in [6.07, 6.45) is 0.216. The van der Waals surface area contributed by atoms with Crippen LogP contribution in [0.25, 0.3) is 0 Å². The fourth-order valence-corrected chi connectivity index (χ4v) is 2.65. The van der Waals surface area contributed by atoms with Crippen molar-refractivity contribution >= 4 is 17.5 Å². The lowest BCUT2D eigenvalue weighted by atomic mass is 9.90. The first-order chi connectivity index (χ1) is 10.2. The Hall–Kier alpha value is -1.88. The number of nitrogens with one attached hydrogen (secondary N) is 2. The molecule has 1 atom stereocenters. The lowest BCUT2D eigenvalue weighted by Crippen LogP contribution is -2.39. The fraction of sp³-hybridized carbons (Fsp3) is 0.500. The minimum absolute atomic E-state index is 0.0653. The number of likely N-dealkylation sites (N-methyl/N-ethyl adjacent to an activating group) is 1. The van der Waals surface area contributed by atoms with E-state index in [2.05, 4.69) is 29.4 Å². The van der Waals surface area contributed by atoms with Crippen molar-refractivity contribution in [2.75, 3.05) is 31.5 Å². The molecule has 5 nitrogen and oxygen atoms in total. The summed E-state index contributed by atoms with van der Waals surface area (Å²) in [6, 6.07) is 7.50. The van der Waals surface area contributed by atoms with E-state index >= 15 is 0 Å². The van der Waals surface area contributed by atoms with E-state index in [1.54, 1.807) is 0 Å². The summed E-state index contributed by atoms with van der Waals surface area (Å²) in [5, 5.41) is 5.76. The van der Waals surface area contributed by atoms with Gasteiger partial charge in [0.15, 0.2) is 0 Å². The second-order valence-electron chi connectivity index (χ2n) is 5.21. The summed E-state index contributed by atoms with van der Waals surface area (Å²) in [7, 11) is 0. The Bertz CT molecular complexity index is 512. The van der Waals surface area contributed by atoms with Crippen LogP contribution in [0.2, 0.25) is 0 Å². The topological polar surface area (TPSA) is 61.4 Å². The molecule has 1 heterocycles. The highest BCUT2D eigenvalue weighted by molar-refractivity contribution is 6.01. The Kier molecular flexibility index (Phi) is 5.33. The van der Waals surface area contributed by atoms with Gasteiger partial charge >= 0.3 is 0 Å². The van der Waals surface area contributed by atoms with Gasteiger partial charge in [-0.15, -0.1) is 0 Å². The average molecular weight is 289 g/mol. The standard InChI is InChI=1S/C16H23N3O2/c1-3-19(4-2)10-9-17-16(21)13-11-15(20)18-14-8-6-5-7-12(13)14/h5-8,13H,3-4,9-11H2,1-2H3,(H,17,21)(H,18,20). The number of nitrogens with zero attached hydrogens (tertiary/aromatic N) is 1. The van der Waals surface area contributed by atoms with Crippen molar-refractivity contribution in [3.63, 3.8) is 0 Å². The van der Waals surface area contributed by atoms with E-state index in [1.807, 2.05) is 24.3 Å². The molecule has 0 spiro atoms. The molecule has 2 N–H and O–H groups in total. The molecule has 1 unspecified atom stereocenters. The molecule has 0 radical (unpaired) electrons. The van der Waals surface area contributed by atoms with Gasteiger partial charge < -0.3 is 15.5 Å². The summed E-state index contributed by atoms with van der Waals surface area (Å²) in [5.74, 6) is -0.547. The molecule has 114 valence electrons. The molecule has 0 fully saturated rings. The number of fused-ring (bicyclic) bond motifs is 1. The average Bonchev–Trinajstić information content (AvgIpc) is 2.50. The van der Waals surface area contributed by atoms with Crippen LogP contribution in [0.15, 0.2) is 24.3 Å². The van der Waals surface area contributed by atoms with Gasteiger partial charge in [0.1, 0.15) is 0 Å². The maximum absolute atomic E-state index is 12.4. The largest absolute Gasteiger partial charge is 0.354 e. The lowest BCUT2D eigenvalue weighted by molar-refractivity contribution is -0.126. The molecule has 1 aliphatic heterocycles. The van der Waals surface area contributed by atoms with Crippen LogP contribution >= 0.6 is 0 Å². The number of para-hydroxylation sites is 1. The van der Waals surface area contributed by atoms with Crippen LogP contribution in [0.4, 0.5) is 5.69 Å². The van der Waals surface area contributed by atoms with E-state index in [-0.39, 0.29) is 24.2 Å². The molecule has 1 aliphatic rings. The molecule has 5 heteroatoms. The number of hydrogen-bond donors (Lipinski definition) is 2. The maximum Gasteiger partial charge on any atom is 0.228 e. The highest BCUT2D eigenvalue weighted by atomic mass is 16.2. The molecule has 0 aromatic heterocycles. The van der Waals surface area contributed by atoms with Crippen LogP contribution in [0.3, 0.4) is 0 Å². The van der Waals surface area contributed by atoms with E-state index in [0.29, 0.717) is 6.54 Å². The van der Waals surface area contributed by atoms with Crippen LogP contribution in [0.1, 0.15) is 31.7 Å². The van der Waals surface area contributed by atoms with Gasteiger partial charge in [-0.2, -0.15) is 0 Å². The zero-order chi connectivity index (χ0) is 15.2. The van der Waals surface area contributed by atoms with Gasteiger partial charge in [-0.25, -0.2) is 0 Å². The van der Waals surface area contributed by atoms with Gasteiger partial charge in [0.25, 0.3) is 0 Å². The third-order valence-corrected chi connectivity index (χ3v) is 3.94. The first kappa shape index (κ1) is 15.5. The van der Waals surface area contributed by atoms with Crippen molar-refractivity contribution in [1.29, 1.82) is 0 Å². The zero-order valence-corrected chi connectivity index (χ0v) is 12.7. The van der Waals surface area contributed by atoms with E-state index in [9.17, 15) is 9.59 Å². The number of rotatable bonds is 6. The second kappa shape index (κ2) is 7.22. The minimum Gasteiger partial charge on any atom is -0.354 e. The van der Waals surface area contributed by atoms with Gasteiger partial charge in [0.2, 0.25) is 11.8 Å². The monoisotopic (exact) mass is 289 g/mol. The van der Waals surface area contributed by atoms with Gasteiger partial charge in [-0.05, 0) is 24.7 Å². The van der Waals surface area contributed by atoms with Crippen molar-refractivity contribution in [2.24, 2.45) is 0 Å². The Morgan fingerprint density at radius 2 is 2.05 bits per heavy atom. The molecule has 2 amide bonds. The van der Waals surface area contributed by atoms with Crippen LogP contribution < -0.4 is 10.6 Å². The van der Waals surface area contributed by atoms with Crippen LogP contribution in [-0.2, 0) is 9.59 Å². The Balaban J connectivity index is 1.98. The predicted octanol–water partition coefficient (Wildman–Crippen LogP) is 1.57. The molecule has 0 saturated carbocycles. The van der Waals surface area contributed by atoms with Crippen molar-refractivity contribution < 1.29 is 9.59 Å². The number of anilines is 1. The van der Waals surface area contributed by atoms with Gasteiger partial charge in [0.05, 0.1) is 5.92 Å². The maximum atomic E-state index is 12.4. The Labute approximate surface area is 125 Å². The quantitative estimate of drug-likeness (QED) is 0.835. The molecular weight excluding hydrogens is 266 g/mol. The number of carbonyl (C=O) groups is 2. The molecule has 1 aromatic carbocycles. The summed E-state index contributed by atoms with van der Waals surface area (Å²) in [6.45, 7) is 7.60. The molecule has 2 rings (SSSR count). The number of carbonyl (C=O) groups excluding carboxylic acids is 2. The predicted molar refractivity (Wildman–Crippen MR) is 83.2 cm³/mol. The van der Waals surface area contributed by atoms with E-state index < -0.39 is 0 Å². The second-order valence-corrected chi connectivity index (χ2v) is 5.21. The van der Waals surface area contributed by atoms with E-state index in [1.165, 1.54) is 0 Å². The minimum atomic E-state index is -0.383. The molecule has 0 aliphatic carbocycles. The Morgan fingerprint density at radius 3 is 2.76 bits per heavy atom. The summed E-state index contributed by atoms with van der Waals surface area (Å²) < 4.78 is 0. The molecule has 21 heavy (non-hydrogen) atoms. The summed E-state index contributed by atoms with van der Waals surface area (Å²) in [5.41, 5.74) is 1.65. The number of benzene rings is 1. The highest BCUT2D eigenvalue weighted by Crippen LogP contribution is 2.31. The third kappa shape index (κ3) is 3.82. The SMILES string of the molecule is CCN(CC)CCNC(=O)C1CC(=O)Nc2ccccc21. The van der Waals surface area contributed by atoms with Crippen LogP contribution in [0.5, 0.6) is 0 Å². The summed E-state index contributed by atoms with van der Waals surface area (Å²) in [4.78, 5) is 26.3. The zero-order valence-electron chi connectivity index (χ0n) is 12.7. The third-order valence-electron chi connectivity index (χ3n) is 3.94. The number of hydrogen-bond acceptors (Lipinski definition) is 3. The lowest BCUT2D eigenvalue weighted by Gasteiger charge is -2.25. The van der Waals surface area contributed by atoms with Crippen molar-refractivity contribution in [1.82, 2.24) is 10.2 Å². The van der Waals surface area contributed by atoms with Crippen molar-refractivity contribution in [3.8, 4) is 0 Å². The van der Waals surface area contributed by atoms with E-state index in [0.717, 1.165) is 30.9 Å². The number of amides is 2. The summed E-state index contributed by atoms with van der Waals surface area (Å²) >= 11 is 0. The normalized spacial score (nSPS) is 17.3. The van der Waals surface area contributed by atoms with Crippen LogP contribution in [-0.4, -0.2) is 42.9 Å². The molecule has 0 saturated heterocycles. The van der Waals surface area contributed by atoms with Crippen molar-refractivity contribution in [3.05, 3.63) is 29.8 Å². The molecule has 0 bridgehead atoms. The smallest absolute Gasteiger partial charge is 0.228 e. The fourth-order valence-electron chi connectivity index (χ4n) is 2.65. The van der Waals surface area contributed by atoms with Gasteiger partial charge in [-0.3, -0.25) is 9.59 Å². The van der Waals surface area contributed by atoms with E-state index in [4.69, 9.17) is 0 Å². The highest BCUT2D eigenvalue weighted by Gasteiger charge is 2.30. The van der Waals surface area contributed by atoms with Gasteiger partial charge in [0, 0.05) is 25.2 Å². The Morgan fingerprint density at radius 1 is 1.33 bits per heavy atom. The van der Waals surface area contributed by atoms with Gasteiger partial charge in [-0.1, -0.05) is 32.0 Å². The first-order valence-corrected chi connectivity index (χ1v) is 7.54. The van der Waals surface area contributed by atoms with Crippen LogP contribution in [0, 0.1) is 0 Å². The molecular formula is C16H23N3O2. The molecule has 1 aromatic rings. The van der Waals surface area contributed by atoms with Crippen molar-refractivity contribution in [2.45, 2.75) is 26.2 Å². The first-order valence-electron chi connectivity index (χ1n) is 7.54.